The zero-order valence-electron chi connectivity index (χ0n) is 13.2. The number of aromatic nitrogens is 1. The molecule has 8 heteroatoms. The summed E-state index contributed by atoms with van der Waals surface area (Å²) in [6.07, 6.45) is 1.30. The van der Waals surface area contributed by atoms with Crippen LogP contribution in [-0.4, -0.2) is 34.4 Å². The van der Waals surface area contributed by atoms with E-state index < -0.39 is 29.9 Å². The number of urea groups is 1. The largest absolute Gasteiger partial charge is 0.363 e. The number of anilines is 1. The molecule has 1 fully saturated rings. The van der Waals surface area contributed by atoms with Gasteiger partial charge in [-0.1, -0.05) is 35.0 Å². The van der Waals surface area contributed by atoms with E-state index in [0.29, 0.717) is 5.56 Å². The topological polar surface area (TPSA) is 105 Å². The molecule has 2 aromatic rings. The maximum absolute atomic E-state index is 12.7. The number of rotatable bonds is 4. The SMILES string of the molecule is Cc1ccc([C@]2(C)NC(=O)N(CC(=O)Nc3ccon3)C2=O)cc1. The fourth-order valence-electron chi connectivity index (χ4n) is 2.53. The van der Waals surface area contributed by atoms with Crippen molar-refractivity contribution in [3.63, 3.8) is 0 Å². The molecule has 0 radical (unpaired) electrons. The molecule has 0 saturated carbocycles. The number of nitrogens with one attached hydrogen (secondary N) is 2. The highest BCUT2D eigenvalue weighted by molar-refractivity contribution is 6.10. The van der Waals surface area contributed by atoms with E-state index in [1.165, 1.54) is 12.3 Å². The highest BCUT2D eigenvalue weighted by Crippen LogP contribution is 2.28. The van der Waals surface area contributed by atoms with Crippen LogP contribution in [0.3, 0.4) is 0 Å². The normalized spacial score (nSPS) is 20.2. The average Bonchev–Trinajstić information content (AvgIpc) is 3.11. The Morgan fingerprint density at radius 1 is 1.29 bits per heavy atom. The molecule has 2 N–H and O–H groups in total. The van der Waals surface area contributed by atoms with Crippen LogP contribution in [0.1, 0.15) is 18.1 Å². The van der Waals surface area contributed by atoms with Crippen molar-refractivity contribution < 1.29 is 18.9 Å². The Hall–Kier alpha value is -3.16. The maximum Gasteiger partial charge on any atom is 0.325 e. The lowest BCUT2D eigenvalue weighted by Crippen LogP contribution is -2.42. The lowest BCUT2D eigenvalue weighted by molar-refractivity contribution is -0.133. The van der Waals surface area contributed by atoms with Gasteiger partial charge in [-0.2, -0.15) is 0 Å². The van der Waals surface area contributed by atoms with Crippen molar-refractivity contribution in [3.8, 4) is 0 Å². The molecule has 4 amide bonds. The van der Waals surface area contributed by atoms with Crippen LogP contribution in [0.25, 0.3) is 0 Å². The second kappa shape index (κ2) is 5.80. The number of carbonyl (C=O) groups excluding carboxylic acids is 3. The summed E-state index contributed by atoms with van der Waals surface area (Å²) in [5.41, 5.74) is 0.507. The number of benzene rings is 1. The summed E-state index contributed by atoms with van der Waals surface area (Å²) >= 11 is 0. The van der Waals surface area contributed by atoms with Gasteiger partial charge in [-0.05, 0) is 19.4 Å². The number of carbonyl (C=O) groups is 3. The van der Waals surface area contributed by atoms with Crippen LogP contribution >= 0.6 is 0 Å². The Morgan fingerprint density at radius 2 is 2.00 bits per heavy atom. The fourth-order valence-corrected chi connectivity index (χ4v) is 2.53. The number of nitrogens with zero attached hydrogens (tertiary/aromatic N) is 2. The Kier molecular flexibility index (Phi) is 3.80. The van der Waals surface area contributed by atoms with Crippen LogP contribution in [0, 0.1) is 6.92 Å². The molecule has 3 rings (SSSR count). The monoisotopic (exact) mass is 328 g/mol. The van der Waals surface area contributed by atoms with Crippen molar-refractivity contribution in [1.29, 1.82) is 0 Å². The summed E-state index contributed by atoms with van der Waals surface area (Å²) in [5.74, 6) is -0.805. The molecule has 1 aromatic carbocycles. The van der Waals surface area contributed by atoms with Gasteiger partial charge in [0, 0.05) is 6.07 Å². The third-order valence-corrected chi connectivity index (χ3v) is 3.91. The van der Waals surface area contributed by atoms with Crippen LogP contribution in [0.15, 0.2) is 41.1 Å². The van der Waals surface area contributed by atoms with E-state index in [2.05, 4.69) is 20.3 Å². The van der Waals surface area contributed by atoms with E-state index in [0.717, 1.165) is 10.5 Å². The molecular weight excluding hydrogens is 312 g/mol. The minimum atomic E-state index is -1.20. The van der Waals surface area contributed by atoms with Gasteiger partial charge in [0.25, 0.3) is 5.91 Å². The summed E-state index contributed by atoms with van der Waals surface area (Å²) in [4.78, 5) is 37.7. The van der Waals surface area contributed by atoms with Gasteiger partial charge in [0.1, 0.15) is 18.3 Å². The summed E-state index contributed by atoms with van der Waals surface area (Å²) < 4.78 is 4.60. The number of hydrogen-bond acceptors (Lipinski definition) is 5. The first-order valence-corrected chi connectivity index (χ1v) is 7.31. The number of amides is 4. The lowest BCUT2D eigenvalue weighted by atomic mass is 9.91. The van der Waals surface area contributed by atoms with Crippen molar-refractivity contribution in [2.45, 2.75) is 19.4 Å². The molecule has 24 heavy (non-hydrogen) atoms. The Labute approximate surface area is 137 Å². The highest BCUT2D eigenvalue weighted by atomic mass is 16.5. The quantitative estimate of drug-likeness (QED) is 0.825. The smallest absolute Gasteiger partial charge is 0.325 e. The van der Waals surface area contributed by atoms with Crippen molar-refractivity contribution in [1.82, 2.24) is 15.4 Å². The first kappa shape index (κ1) is 15.7. The second-order valence-corrected chi connectivity index (χ2v) is 5.75. The van der Waals surface area contributed by atoms with Crippen LogP contribution in [0.2, 0.25) is 0 Å². The lowest BCUT2D eigenvalue weighted by Gasteiger charge is -2.22. The van der Waals surface area contributed by atoms with Crippen LogP contribution in [0.5, 0.6) is 0 Å². The number of imide groups is 1. The summed E-state index contributed by atoms with van der Waals surface area (Å²) in [5, 5.41) is 8.64. The predicted molar refractivity (Wildman–Crippen MR) is 83.9 cm³/mol. The van der Waals surface area contributed by atoms with Gasteiger partial charge in [-0.25, -0.2) is 4.79 Å². The number of aryl methyl sites for hydroxylation is 1. The van der Waals surface area contributed by atoms with Gasteiger partial charge in [0.2, 0.25) is 5.91 Å². The van der Waals surface area contributed by atoms with Gasteiger partial charge >= 0.3 is 6.03 Å². The predicted octanol–water partition coefficient (Wildman–Crippen LogP) is 1.39. The zero-order chi connectivity index (χ0) is 17.3. The second-order valence-electron chi connectivity index (χ2n) is 5.75. The van der Waals surface area contributed by atoms with Gasteiger partial charge in [0.15, 0.2) is 5.82 Å². The van der Waals surface area contributed by atoms with E-state index in [1.54, 1.807) is 19.1 Å². The van der Waals surface area contributed by atoms with E-state index in [1.807, 2.05) is 19.1 Å². The molecule has 0 bridgehead atoms. The van der Waals surface area contributed by atoms with E-state index in [4.69, 9.17) is 0 Å². The summed E-state index contributed by atoms with van der Waals surface area (Å²) in [7, 11) is 0. The fraction of sp³-hybridized carbons (Fsp3) is 0.250. The Bertz CT molecular complexity index is 785. The molecule has 0 aliphatic carbocycles. The Balaban J connectivity index is 1.76. The highest BCUT2D eigenvalue weighted by Gasteiger charge is 2.49. The minimum Gasteiger partial charge on any atom is -0.363 e. The van der Waals surface area contributed by atoms with Crippen LogP contribution in [0.4, 0.5) is 10.6 Å². The average molecular weight is 328 g/mol. The van der Waals surface area contributed by atoms with Gasteiger partial charge in [0.05, 0.1) is 0 Å². The van der Waals surface area contributed by atoms with Gasteiger partial charge < -0.3 is 15.2 Å². The van der Waals surface area contributed by atoms with Crippen molar-refractivity contribution in [2.75, 3.05) is 11.9 Å². The summed E-state index contributed by atoms with van der Waals surface area (Å²) in [6.45, 7) is 3.15. The van der Waals surface area contributed by atoms with Crippen LogP contribution in [-0.2, 0) is 15.1 Å². The zero-order valence-corrected chi connectivity index (χ0v) is 13.2. The summed E-state index contributed by atoms with van der Waals surface area (Å²) in [6, 6.07) is 8.14. The van der Waals surface area contributed by atoms with Crippen molar-refractivity contribution in [3.05, 3.63) is 47.7 Å². The van der Waals surface area contributed by atoms with Gasteiger partial charge in [-0.3, -0.25) is 14.5 Å². The van der Waals surface area contributed by atoms with Crippen LogP contribution < -0.4 is 10.6 Å². The van der Waals surface area contributed by atoms with Crippen molar-refractivity contribution in [2.24, 2.45) is 0 Å². The molecule has 124 valence electrons. The van der Waals surface area contributed by atoms with Gasteiger partial charge in [-0.15, -0.1) is 0 Å². The Morgan fingerprint density at radius 3 is 2.62 bits per heavy atom. The van der Waals surface area contributed by atoms with Crippen molar-refractivity contribution >= 4 is 23.7 Å². The molecular formula is C16H16N4O4. The molecule has 1 aromatic heterocycles. The minimum absolute atomic E-state index is 0.216. The maximum atomic E-state index is 12.7. The third-order valence-electron chi connectivity index (χ3n) is 3.91. The molecule has 1 aliphatic heterocycles. The molecule has 0 unspecified atom stereocenters. The van der Waals surface area contributed by atoms with E-state index >= 15 is 0 Å². The number of hydrogen-bond donors (Lipinski definition) is 2. The van der Waals surface area contributed by atoms with E-state index in [9.17, 15) is 14.4 Å². The molecule has 1 aliphatic rings. The molecule has 1 atom stereocenters. The standard InChI is InChI=1S/C16H16N4O4/c1-10-3-5-11(6-4-10)16(2)14(22)20(15(23)18-16)9-13(21)17-12-7-8-24-19-12/h3-8H,9H2,1-2H3,(H,18,23)(H,17,19,21)/t16-/m0/s1. The first-order chi connectivity index (χ1) is 11.4. The molecule has 0 spiro atoms. The third kappa shape index (κ3) is 2.73. The molecule has 2 heterocycles. The van der Waals surface area contributed by atoms with E-state index in [-0.39, 0.29) is 5.82 Å². The molecule has 1 saturated heterocycles. The molecule has 8 nitrogen and oxygen atoms in total. The first-order valence-electron chi connectivity index (χ1n) is 7.31.